The van der Waals surface area contributed by atoms with E-state index in [9.17, 15) is 19.5 Å². The molecular formula is C15H17NO6. The van der Waals surface area contributed by atoms with Gasteiger partial charge in [0.1, 0.15) is 11.8 Å². The highest BCUT2D eigenvalue weighted by Gasteiger charge is 2.24. The van der Waals surface area contributed by atoms with E-state index in [-0.39, 0.29) is 12.2 Å². The van der Waals surface area contributed by atoms with Crippen LogP contribution in [-0.2, 0) is 23.9 Å². The van der Waals surface area contributed by atoms with Crippen molar-refractivity contribution in [3.63, 3.8) is 0 Å². The molecule has 0 aliphatic heterocycles. The van der Waals surface area contributed by atoms with Crippen molar-refractivity contribution < 1.29 is 29.0 Å². The zero-order valence-electron chi connectivity index (χ0n) is 12.2. The number of carbonyl (C=O) groups is 3. The van der Waals surface area contributed by atoms with E-state index in [1.54, 1.807) is 12.1 Å². The Bertz CT molecular complexity index is 581. The summed E-state index contributed by atoms with van der Waals surface area (Å²) in [6, 6.07) is 5.16. The number of benzene rings is 1. The zero-order chi connectivity index (χ0) is 16.5. The average molecular weight is 307 g/mol. The molecule has 0 unspecified atom stereocenters. The molecule has 0 aromatic heterocycles. The molecule has 0 bridgehead atoms. The summed E-state index contributed by atoms with van der Waals surface area (Å²) in [4.78, 5) is 34.5. The molecule has 1 rings (SSSR count). The SMILES string of the molecule is COC(=O)C[C@H](NC(=O)/C=C/c1cccc(O)c1)C(=O)OC. The number of nitrogens with one attached hydrogen (secondary N) is 1. The van der Waals surface area contributed by atoms with Crippen LogP contribution in [0.15, 0.2) is 30.3 Å². The third-order valence-corrected chi connectivity index (χ3v) is 2.70. The minimum absolute atomic E-state index is 0.0701. The van der Waals surface area contributed by atoms with Gasteiger partial charge in [0, 0.05) is 6.08 Å². The number of ether oxygens (including phenoxy) is 2. The fraction of sp³-hybridized carbons (Fsp3) is 0.267. The van der Waals surface area contributed by atoms with E-state index in [0.29, 0.717) is 5.56 Å². The molecule has 0 radical (unpaired) electrons. The van der Waals surface area contributed by atoms with Crippen LogP contribution in [0.3, 0.4) is 0 Å². The maximum atomic E-state index is 11.8. The van der Waals surface area contributed by atoms with Crippen molar-refractivity contribution in [1.82, 2.24) is 5.32 Å². The summed E-state index contributed by atoms with van der Waals surface area (Å²) < 4.78 is 8.97. The number of esters is 2. The predicted molar refractivity (Wildman–Crippen MR) is 77.7 cm³/mol. The van der Waals surface area contributed by atoms with Crippen molar-refractivity contribution in [1.29, 1.82) is 0 Å². The second-order valence-corrected chi connectivity index (χ2v) is 4.29. The average Bonchev–Trinajstić information content (AvgIpc) is 2.51. The molecule has 0 saturated carbocycles. The van der Waals surface area contributed by atoms with Crippen LogP contribution >= 0.6 is 0 Å². The van der Waals surface area contributed by atoms with Gasteiger partial charge in [-0.15, -0.1) is 0 Å². The van der Waals surface area contributed by atoms with Gasteiger partial charge in [-0.3, -0.25) is 9.59 Å². The van der Waals surface area contributed by atoms with Crippen LogP contribution in [-0.4, -0.2) is 43.2 Å². The maximum Gasteiger partial charge on any atom is 0.328 e. The molecule has 7 heteroatoms. The minimum Gasteiger partial charge on any atom is -0.508 e. The first-order valence-corrected chi connectivity index (χ1v) is 6.38. The molecule has 0 saturated heterocycles. The van der Waals surface area contributed by atoms with Crippen molar-refractivity contribution >= 4 is 23.9 Å². The molecule has 0 heterocycles. The van der Waals surface area contributed by atoms with E-state index in [1.165, 1.54) is 31.4 Å². The molecule has 7 nitrogen and oxygen atoms in total. The molecular weight excluding hydrogens is 290 g/mol. The maximum absolute atomic E-state index is 11.8. The molecule has 0 aliphatic carbocycles. The number of hydrogen-bond donors (Lipinski definition) is 2. The van der Waals surface area contributed by atoms with Crippen molar-refractivity contribution in [3.05, 3.63) is 35.9 Å². The van der Waals surface area contributed by atoms with Crippen LogP contribution in [0.5, 0.6) is 5.75 Å². The van der Waals surface area contributed by atoms with Crippen LogP contribution in [0.4, 0.5) is 0 Å². The number of rotatable bonds is 6. The highest BCUT2D eigenvalue weighted by atomic mass is 16.5. The van der Waals surface area contributed by atoms with Crippen molar-refractivity contribution in [2.75, 3.05) is 14.2 Å². The van der Waals surface area contributed by atoms with Crippen molar-refractivity contribution in [3.8, 4) is 5.75 Å². The van der Waals surface area contributed by atoms with Gasteiger partial charge in [0.25, 0.3) is 0 Å². The first-order chi connectivity index (χ1) is 10.5. The second kappa shape index (κ2) is 8.46. The fourth-order valence-corrected chi connectivity index (χ4v) is 1.61. The van der Waals surface area contributed by atoms with Gasteiger partial charge in [0.15, 0.2) is 0 Å². The Hall–Kier alpha value is -2.83. The van der Waals surface area contributed by atoms with Crippen LogP contribution in [0.25, 0.3) is 6.08 Å². The van der Waals surface area contributed by atoms with Gasteiger partial charge in [-0.1, -0.05) is 12.1 Å². The Balaban J connectivity index is 2.70. The smallest absolute Gasteiger partial charge is 0.328 e. The van der Waals surface area contributed by atoms with E-state index in [1.807, 2.05) is 0 Å². The quantitative estimate of drug-likeness (QED) is 0.590. The molecule has 0 spiro atoms. The van der Waals surface area contributed by atoms with Crippen LogP contribution in [0.1, 0.15) is 12.0 Å². The van der Waals surface area contributed by atoms with Gasteiger partial charge in [0.2, 0.25) is 5.91 Å². The normalized spacial score (nSPS) is 11.7. The lowest BCUT2D eigenvalue weighted by molar-refractivity contribution is -0.150. The van der Waals surface area contributed by atoms with E-state index in [2.05, 4.69) is 14.8 Å². The molecule has 0 fully saturated rings. The Morgan fingerprint density at radius 2 is 2.00 bits per heavy atom. The molecule has 22 heavy (non-hydrogen) atoms. The minimum atomic E-state index is -1.13. The Kier molecular flexibility index (Phi) is 6.62. The van der Waals surface area contributed by atoms with Crippen LogP contribution < -0.4 is 5.32 Å². The number of phenols is 1. The van der Waals surface area contributed by atoms with E-state index < -0.39 is 23.9 Å². The largest absolute Gasteiger partial charge is 0.508 e. The summed E-state index contributed by atoms with van der Waals surface area (Å²) in [5.74, 6) is -1.90. The first-order valence-electron chi connectivity index (χ1n) is 6.38. The summed E-state index contributed by atoms with van der Waals surface area (Å²) in [5.41, 5.74) is 0.609. The zero-order valence-corrected chi connectivity index (χ0v) is 12.2. The predicted octanol–water partition coefficient (Wildman–Crippen LogP) is 0.626. The van der Waals surface area contributed by atoms with Gasteiger partial charge in [-0.25, -0.2) is 4.79 Å². The number of methoxy groups -OCH3 is 2. The molecule has 0 aliphatic rings. The molecule has 1 aromatic carbocycles. The van der Waals surface area contributed by atoms with Gasteiger partial charge < -0.3 is 19.9 Å². The summed E-state index contributed by atoms with van der Waals surface area (Å²) >= 11 is 0. The number of amides is 1. The second-order valence-electron chi connectivity index (χ2n) is 4.29. The third kappa shape index (κ3) is 5.66. The van der Waals surface area contributed by atoms with Crippen molar-refractivity contribution in [2.45, 2.75) is 12.5 Å². The van der Waals surface area contributed by atoms with Gasteiger partial charge in [0.05, 0.1) is 20.6 Å². The van der Waals surface area contributed by atoms with Gasteiger partial charge in [-0.2, -0.15) is 0 Å². The Morgan fingerprint density at radius 3 is 2.59 bits per heavy atom. The lowest BCUT2D eigenvalue weighted by Crippen LogP contribution is -2.42. The van der Waals surface area contributed by atoms with Gasteiger partial charge >= 0.3 is 11.9 Å². The lowest BCUT2D eigenvalue weighted by Gasteiger charge is -2.13. The highest BCUT2D eigenvalue weighted by Crippen LogP contribution is 2.11. The first kappa shape index (κ1) is 17.2. The van der Waals surface area contributed by atoms with Crippen molar-refractivity contribution in [2.24, 2.45) is 0 Å². The number of carbonyl (C=O) groups excluding carboxylic acids is 3. The van der Waals surface area contributed by atoms with Crippen LogP contribution in [0.2, 0.25) is 0 Å². The summed E-state index contributed by atoms with van der Waals surface area (Å²) in [6.45, 7) is 0. The molecule has 1 aromatic rings. The Labute approximate surface area is 127 Å². The number of hydrogen-bond acceptors (Lipinski definition) is 6. The molecule has 1 amide bonds. The number of phenolic OH excluding ortho intramolecular Hbond substituents is 1. The highest BCUT2D eigenvalue weighted by molar-refractivity contribution is 5.95. The van der Waals surface area contributed by atoms with E-state index in [4.69, 9.17) is 0 Å². The molecule has 118 valence electrons. The van der Waals surface area contributed by atoms with Crippen LogP contribution in [0, 0.1) is 0 Å². The van der Waals surface area contributed by atoms with E-state index >= 15 is 0 Å². The summed E-state index contributed by atoms with van der Waals surface area (Å²) in [5, 5.41) is 11.7. The summed E-state index contributed by atoms with van der Waals surface area (Å²) in [6.07, 6.45) is 2.32. The standard InChI is InChI=1S/C15H17NO6/c1-21-14(19)9-12(15(20)22-2)16-13(18)7-6-10-4-3-5-11(17)8-10/h3-8,12,17H,9H2,1-2H3,(H,16,18)/b7-6+/t12-/m0/s1. The van der Waals surface area contributed by atoms with E-state index in [0.717, 1.165) is 7.11 Å². The Morgan fingerprint density at radius 1 is 1.27 bits per heavy atom. The number of aromatic hydroxyl groups is 1. The topological polar surface area (TPSA) is 102 Å². The summed E-state index contributed by atoms with van der Waals surface area (Å²) in [7, 11) is 2.33. The molecule has 1 atom stereocenters. The monoisotopic (exact) mass is 307 g/mol. The third-order valence-electron chi connectivity index (χ3n) is 2.70. The van der Waals surface area contributed by atoms with Gasteiger partial charge in [-0.05, 0) is 23.8 Å². The lowest BCUT2D eigenvalue weighted by atomic mass is 10.2. The fourth-order valence-electron chi connectivity index (χ4n) is 1.61. The molecule has 2 N–H and O–H groups in total.